The minimum absolute atomic E-state index is 0.0632. The van der Waals surface area contributed by atoms with Crippen molar-refractivity contribution in [2.45, 2.75) is 44.6 Å². The first kappa shape index (κ1) is 15.8. The predicted octanol–water partition coefficient (Wildman–Crippen LogP) is 2.43. The van der Waals surface area contributed by atoms with Gasteiger partial charge in [-0.2, -0.15) is 0 Å². The molecule has 2 atom stereocenters. The maximum Gasteiger partial charge on any atom is 0.221 e. The molecule has 21 heavy (non-hydrogen) atoms. The van der Waals surface area contributed by atoms with Gasteiger partial charge in [-0.15, -0.1) is 0 Å². The van der Waals surface area contributed by atoms with E-state index in [1.54, 1.807) is 7.11 Å². The van der Waals surface area contributed by atoms with Gasteiger partial charge in [0.1, 0.15) is 5.75 Å². The van der Waals surface area contributed by atoms with Crippen LogP contribution >= 0.6 is 0 Å². The third kappa shape index (κ3) is 3.76. The molecule has 1 aliphatic rings. The average Bonchev–Trinajstić information content (AvgIpc) is 3.31. The molecule has 0 spiro atoms. The fourth-order valence-corrected chi connectivity index (χ4v) is 2.87. The van der Waals surface area contributed by atoms with E-state index < -0.39 is 0 Å². The first-order chi connectivity index (χ1) is 10.00. The highest BCUT2D eigenvalue weighted by Crippen LogP contribution is 2.39. The SMILES string of the molecule is COc1ccccc1C(C)CC(=O)NC(C)(CN)C1CC1. The number of amides is 1. The first-order valence-electron chi connectivity index (χ1n) is 7.64. The van der Waals surface area contributed by atoms with E-state index in [1.165, 1.54) is 0 Å². The molecule has 1 aliphatic carbocycles. The van der Waals surface area contributed by atoms with Crippen LogP contribution in [0.15, 0.2) is 24.3 Å². The van der Waals surface area contributed by atoms with Gasteiger partial charge < -0.3 is 15.8 Å². The third-order valence-electron chi connectivity index (χ3n) is 4.49. The second-order valence-corrected chi connectivity index (χ2v) is 6.29. The van der Waals surface area contributed by atoms with Gasteiger partial charge in [0.2, 0.25) is 5.91 Å². The van der Waals surface area contributed by atoms with Gasteiger partial charge >= 0.3 is 0 Å². The van der Waals surface area contributed by atoms with Crippen LogP contribution in [0.1, 0.15) is 44.6 Å². The van der Waals surface area contributed by atoms with Crippen LogP contribution in [0.4, 0.5) is 0 Å². The smallest absolute Gasteiger partial charge is 0.221 e. The summed E-state index contributed by atoms with van der Waals surface area (Å²) in [5, 5.41) is 3.14. The molecule has 0 aromatic heterocycles. The van der Waals surface area contributed by atoms with Crippen LogP contribution in [0.25, 0.3) is 0 Å². The number of rotatable bonds is 7. The fourth-order valence-electron chi connectivity index (χ4n) is 2.87. The predicted molar refractivity (Wildman–Crippen MR) is 84.4 cm³/mol. The number of benzene rings is 1. The topological polar surface area (TPSA) is 64.3 Å². The number of nitrogens with two attached hydrogens (primary N) is 1. The van der Waals surface area contributed by atoms with Crippen LogP contribution in [0.5, 0.6) is 5.75 Å². The molecule has 3 N–H and O–H groups in total. The molecule has 0 radical (unpaired) electrons. The van der Waals surface area contributed by atoms with Gasteiger partial charge in [-0.05, 0) is 43.2 Å². The van der Waals surface area contributed by atoms with Crippen molar-refractivity contribution in [2.24, 2.45) is 11.7 Å². The Bertz CT molecular complexity index is 499. The molecule has 1 amide bonds. The summed E-state index contributed by atoms with van der Waals surface area (Å²) in [4.78, 5) is 12.3. The Kier molecular flexibility index (Phi) is 4.88. The second-order valence-electron chi connectivity index (χ2n) is 6.29. The zero-order valence-corrected chi connectivity index (χ0v) is 13.2. The van der Waals surface area contributed by atoms with Crippen LogP contribution in [0, 0.1) is 5.92 Å². The van der Waals surface area contributed by atoms with Crippen molar-refractivity contribution in [1.29, 1.82) is 0 Å². The van der Waals surface area contributed by atoms with Gasteiger partial charge in [-0.3, -0.25) is 4.79 Å². The molecule has 0 saturated heterocycles. The van der Waals surface area contributed by atoms with Crippen molar-refractivity contribution in [3.63, 3.8) is 0 Å². The summed E-state index contributed by atoms with van der Waals surface area (Å²) in [6.07, 6.45) is 2.77. The number of nitrogens with one attached hydrogen (secondary N) is 1. The minimum Gasteiger partial charge on any atom is -0.496 e. The van der Waals surface area contributed by atoms with Gasteiger partial charge in [0.25, 0.3) is 0 Å². The van der Waals surface area contributed by atoms with Gasteiger partial charge in [-0.1, -0.05) is 25.1 Å². The molecule has 0 aliphatic heterocycles. The molecule has 1 saturated carbocycles. The number of hydrogen-bond donors (Lipinski definition) is 2. The van der Waals surface area contributed by atoms with Crippen molar-refractivity contribution in [3.05, 3.63) is 29.8 Å². The number of carbonyl (C=O) groups excluding carboxylic acids is 1. The van der Waals surface area contributed by atoms with E-state index >= 15 is 0 Å². The molecule has 116 valence electrons. The largest absolute Gasteiger partial charge is 0.496 e. The quantitative estimate of drug-likeness (QED) is 0.810. The Hall–Kier alpha value is -1.55. The summed E-state index contributed by atoms with van der Waals surface area (Å²) in [7, 11) is 1.66. The summed E-state index contributed by atoms with van der Waals surface area (Å²) in [5.41, 5.74) is 6.66. The molecule has 1 aromatic rings. The van der Waals surface area contributed by atoms with E-state index in [1.807, 2.05) is 31.2 Å². The van der Waals surface area contributed by atoms with E-state index in [9.17, 15) is 4.79 Å². The highest BCUT2D eigenvalue weighted by molar-refractivity contribution is 5.78. The number of hydrogen-bond acceptors (Lipinski definition) is 3. The maximum absolute atomic E-state index is 12.3. The zero-order valence-electron chi connectivity index (χ0n) is 13.2. The molecule has 1 aromatic carbocycles. The minimum atomic E-state index is -0.252. The Morgan fingerprint density at radius 2 is 2.14 bits per heavy atom. The van der Waals surface area contributed by atoms with E-state index in [0.717, 1.165) is 24.2 Å². The number of carbonyl (C=O) groups is 1. The standard InChI is InChI=1S/C17H26N2O2/c1-12(14-6-4-5-7-15(14)21-3)10-16(20)19-17(2,11-18)13-8-9-13/h4-7,12-13H,8-11,18H2,1-3H3,(H,19,20). The molecule has 2 unspecified atom stereocenters. The van der Waals surface area contributed by atoms with Gasteiger partial charge in [0, 0.05) is 13.0 Å². The van der Waals surface area contributed by atoms with Crippen molar-refractivity contribution in [2.75, 3.05) is 13.7 Å². The average molecular weight is 290 g/mol. The highest BCUT2D eigenvalue weighted by Gasteiger charge is 2.41. The molecular formula is C17H26N2O2. The highest BCUT2D eigenvalue weighted by atomic mass is 16.5. The Morgan fingerprint density at radius 3 is 2.71 bits per heavy atom. The second kappa shape index (κ2) is 6.48. The molecule has 4 nitrogen and oxygen atoms in total. The maximum atomic E-state index is 12.3. The summed E-state index contributed by atoms with van der Waals surface area (Å²) in [6, 6.07) is 7.85. The van der Waals surface area contributed by atoms with Crippen LogP contribution in [0.2, 0.25) is 0 Å². The van der Waals surface area contributed by atoms with Crippen LogP contribution in [-0.2, 0) is 4.79 Å². The van der Waals surface area contributed by atoms with E-state index in [2.05, 4.69) is 12.2 Å². The van der Waals surface area contributed by atoms with Crippen molar-refractivity contribution in [3.8, 4) is 5.75 Å². The normalized spacial score (nSPS) is 18.7. The van der Waals surface area contributed by atoms with Crippen LogP contribution in [-0.4, -0.2) is 25.1 Å². The Morgan fingerprint density at radius 1 is 1.48 bits per heavy atom. The Labute approximate surface area is 127 Å². The number of ether oxygens (including phenoxy) is 1. The monoisotopic (exact) mass is 290 g/mol. The van der Waals surface area contributed by atoms with E-state index in [0.29, 0.717) is 18.9 Å². The van der Waals surface area contributed by atoms with Gasteiger partial charge in [0.05, 0.1) is 12.6 Å². The lowest BCUT2D eigenvalue weighted by Gasteiger charge is -2.30. The van der Waals surface area contributed by atoms with E-state index in [4.69, 9.17) is 10.5 Å². The van der Waals surface area contributed by atoms with Crippen molar-refractivity contribution in [1.82, 2.24) is 5.32 Å². The molecule has 1 fully saturated rings. The van der Waals surface area contributed by atoms with Crippen LogP contribution < -0.4 is 15.8 Å². The summed E-state index contributed by atoms with van der Waals surface area (Å²) in [6.45, 7) is 4.59. The molecule has 4 heteroatoms. The van der Waals surface area contributed by atoms with Gasteiger partial charge in [-0.25, -0.2) is 0 Å². The summed E-state index contributed by atoms with van der Waals surface area (Å²) in [5.74, 6) is 1.55. The zero-order chi connectivity index (χ0) is 15.5. The number of methoxy groups -OCH3 is 1. The lowest BCUT2D eigenvalue weighted by molar-refractivity contribution is -0.123. The number of para-hydroxylation sites is 1. The molecule has 0 heterocycles. The molecular weight excluding hydrogens is 264 g/mol. The lowest BCUT2D eigenvalue weighted by atomic mass is 9.93. The lowest BCUT2D eigenvalue weighted by Crippen LogP contribution is -2.53. The third-order valence-corrected chi connectivity index (χ3v) is 4.49. The summed E-state index contributed by atoms with van der Waals surface area (Å²) < 4.78 is 5.37. The first-order valence-corrected chi connectivity index (χ1v) is 7.64. The van der Waals surface area contributed by atoms with Crippen LogP contribution in [0.3, 0.4) is 0 Å². The molecule has 2 rings (SSSR count). The van der Waals surface area contributed by atoms with Gasteiger partial charge in [0.15, 0.2) is 0 Å². The summed E-state index contributed by atoms with van der Waals surface area (Å²) >= 11 is 0. The van der Waals surface area contributed by atoms with Crippen molar-refractivity contribution < 1.29 is 9.53 Å². The Balaban J connectivity index is 1.98. The molecule has 0 bridgehead atoms. The fraction of sp³-hybridized carbons (Fsp3) is 0.588. The van der Waals surface area contributed by atoms with E-state index in [-0.39, 0.29) is 17.4 Å². The van der Waals surface area contributed by atoms with Crippen molar-refractivity contribution >= 4 is 5.91 Å².